The topological polar surface area (TPSA) is 65.5 Å². The second kappa shape index (κ2) is 7.24. The van der Waals surface area contributed by atoms with Crippen molar-refractivity contribution in [1.82, 2.24) is 14.7 Å². The van der Waals surface area contributed by atoms with E-state index >= 15 is 0 Å². The van der Waals surface area contributed by atoms with Gasteiger partial charge >= 0.3 is 0 Å². The molecule has 0 amide bonds. The Balaban J connectivity index is 2.23. The molecule has 0 aliphatic carbocycles. The third-order valence-electron chi connectivity index (χ3n) is 4.27. The summed E-state index contributed by atoms with van der Waals surface area (Å²) >= 11 is 0. The first-order valence-corrected chi connectivity index (χ1v) is 7.75. The molecule has 0 radical (unpaired) electrons. The zero-order valence-corrected chi connectivity index (χ0v) is 13.6. The van der Waals surface area contributed by atoms with Gasteiger partial charge in [0.2, 0.25) is 5.88 Å². The first-order valence-electron chi connectivity index (χ1n) is 7.75. The van der Waals surface area contributed by atoms with Gasteiger partial charge in [0.05, 0.1) is 30.5 Å². The Hall–Kier alpha value is -1.11. The molecule has 0 spiro atoms. The Morgan fingerprint density at radius 1 is 1.57 bits per heavy atom. The van der Waals surface area contributed by atoms with Crippen molar-refractivity contribution in [2.24, 2.45) is 12.8 Å². The van der Waals surface area contributed by atoms with Crippen molar-refractivity contribution in [1.29, 1.82) is 0 Å². The predicted octanol–water partition coefficient (Wildman–Crippen LogP) is 1.24. The molecule has 21 heavy (non-hydrogen) atoms. The normalized spacial score (nSPS) is 20.2. The van der Waals surface area contributed by atoms with Crippen LogP contribution >= 0.6 is 0 Å². The van der Waals surface area contributed by atoms with Crippen molar-refractivity contribution in [2.45, 2.75) is 38.8 Å². The number of hydrogen-bond acceptors (Lipinski definition) is 5. The lowest BCUT2D eigenvalue weighted by molar-refractivity contribution is 0.0595. The van der Waals surface area contributed by atoms with E-state index in [2.05, 4.69) is 16.9 Å². The van der Waals surface area contributed by atoms with Crippen molar-refractivity contribution in [3.8, 4) is 5.88 Å². The molecule has 0 bridgehead atoms. The van der Waals surface area contributed by atoms with E-state index in [0.29, 0.717) is 12.6 Å². The number of methoxy groups -OCH3 is 1. The van der Waals surface area contributed by atoms with E-state index in [1.54, 1.807) is 11.8 Å². The largest absolute Gasteiger partial charge is 0.481 e. The summed E-state index contributed by atoms with van der Waals surface area (Å²) < 4.78 is 13.1. The van der Waals surface area contributed by atoms with Gasteiger partial charge in [-0.2, -0.15) is 5.10 Å². The SMILES string of the molecule is CCN(CC1CCCO1)C(CN)c1c(C)nn(C)c1OC. The van der Waals surface area contributed by atoms with Gasteiger partial charge in [0.1, 0.15) is 0 Å². The Bertz CT molecular complexity index is 455. The van der Waals surface area contributed by atoms with E-state index < -0.39 is 0 Å². The molecule has 1 saturated heterocycles. The minimum Gasteiger partial charge on any atom is -0.481 e. The standard InChI is InChI=1S/C15H28N4O2/c1-5-19(10-12-7-6-8-21-12)13(9-16)14-11(2)17-18(3)15(14)20-4/h12-13H,5-10,16H2,1-4H3. The maximum absolute atomic E-state index is 6.08. The van der Waals surface area contributed by atoms with Gasteiger partial charge in [-0.25, -0.2) is 4.68 Å². The number of ether oxygens (including phenoxy) is 2. The molecule has 1 aliphatic rings. The van der Waals surface area contributed by atoms with Gasteiger partial charge in [0.25, 0.3) is 0 Å². The number of nitrogens with zero attached hydrogens (tertiary/aromatic N) is 3. The third kappa shape index (κ3) is 3.39. The van der Waals surface area contributed by atoms with Crippen LogP contribution < -0.4 is 10.5 Å². The van der Waals surface area contributed by atoms with Crippen LogP contribution in [0.1, 0.15) is 37.1 Å². The van der Waals surface area contributed by atoms with Crippen LogP contribution in [0.25, 0.3) is 0 Å². The van der Waals surface area contributed by atoms with Crippen LogP contribution in [0, 0.1) is 6.92 Å². The molecule has 2 unspecified atom stereocenters. The monoisotopic (exact) mass is 296 g/mol. The summed E-state index contributed by atoms with van der Waals surface area (Å²) in [6.45, 7) is 7.44. The van der Waals surface area contributed by atoms with E-state index in [9.17, 15) is 0 Å². The molecule has 0 aromatic carbocycles. The molecule has 2 heterocycles. The fourth-order valence-electron chi connectivity index (χ4n) is 3.26. The van der Waals surface area contributed by atoms with Crippen molar-refractivity contribution >= 4 is 0 Å². The molecule has 0 saturated carbocycles. The predicted molar refractivity (Wildman–Crippen MR) is 82.5 cm³/mol. The maximum Gasteiger partial charge on any atom is 0.216 e. The zero-order valence-electron chi connectivity index (χ0n) is 13.6. The highest BCUT2D eigenvalue weighted by Crippen LogP contribution is 2.32. The summed E-state index contributed by atoms with van der Waals surface area (Å²) in [6, 6.07) is 0.114. The molecule has 1 aliphatic heterocycles. The van der Waals surface area contributed by atoms with Gasteiger partial charge in [0, 0.05) is 26.7 Å². The van der Waals surface area contributed by atoms with Gasteiger partial charge in [-0.15, -0.1) is 0 Å². The minimum atomic E-state index is 0.114. The molecule has 1 fully saturated rings. The molecule has 6 nitrogen and oxygen atoms in total. The Morgan fingerprint density at radius 3 is 2.86 bits per heavy atom. The molecule has 2 rings (SSSR count). The lowest BCUT2D eigenvalue weighted by atomic mass is 10.0. The number of hydrogen-bond donors (Lipinski definition) is 1. The second-order valence-electron chi connectivity index (χ2n) is 5.61. The van der Waals surface area contributed by atoms with Gasteiger partial charge in [-0.05, 0) is 26.3 Å². The summed E-state index contributed by atoms with van der Waals surface area (Å²) in [5.74, 6) is 0.800. The number of likely N-dealkylation sites (N-methyl/N-ethyl adjacent to an activating group) is 1. The van der Waals surface area contributed by atoms with Crippen LogP contribution in [0.3, 0.4) is 0 Å². The van der Waals surface area contributed by atoms with Crippen molar-refractivity contribution in [3.63, 3.8) is 0 Å². The molecular weight excluding hydrogens is 268 g/mol. The minimum absolute atomic E-state index is 0.114. The van der Waals surface area contributed by atoms with Crippen LogP contribution in [0.5, 0.6) is 5.88 Å². The lowest BCUT2D eigenvalue weighted by Crippen LogP contribution is -2.39. The van der Waals surface area contributed by atoms with E-state index in [4.69, 9.17) is 15.2 Å². The zero-order chi connectivity index (χ0) is 15.4. The lowest BCUT2D eigenvalue weighted by Gasteiger charge is -2.32. The molecule has 6 heteroatoms. The second-order valence-corrected chi connectivity index (χ2v) is 5.61. The van der Waals surface area contributed by atoms with Crippen molar-refractivity contribution in [2.75, 3.05) is 33.4 Å². The van der Waals surface area contributed by atoms with Gasteiger partial charge in [0.15, 0.2) is 0 Å². The van der Waals surface area contributed by atoms with Crippen molar-refractivity contribution < 1.29 is 9.47 Å². The average Bonchev–Trinajstić information content (AvgIpc) is 3.07. The smallest absolute Gasteiger partial charge is 0.216 e. The van der Waals surface area contributed by atoms with Crippen LogP contribution in [0.4, 0.5) is 0 Å². The van der Waals surface area contributed by atoms with Crippen LogP contribution in [0.15, 0.2) is 0 Å². The third-order valence-corrected chi connectivity index (χ3v) is 4.27. The number of rotatable bonds is 7. The summed E-state index contributed by atoms with van der Waals surface area (Å²) in [6.07, 6.45) is 2.61. The van der Waals surface area contributed by atoms with Crippen LogP contribution in [-0.2, 0) is 11.8 Å². The quantitative estimate of drug-likeness (QED) is 0.820. The van der Waals surface area contributed by atoms with Gasteiger partial charge in [-0.1, -0.05) is 6.92 Å². The van der Waals surface area contributed by atoms with E-state index in [-0.39, 0.29) is 6.04 Å². The molecule has 2 atom stereocenters. The Morgan fingerprint density at radius 2 is 2.33 bits per heavy atom. The Labute approximate surface area is 127 Å². The highest BCUT2D eigenvalue weighted by Gasteiger charge is 2.29. The van der Waals surface area contributed by atoms with Crippen LogP contribution in [-0.4, -0.2) is 54.1 Å². The highest BCUT2D eigenvalue weighted by molar-refractivity contribution is 5.34. The average molecular weight is 296 g/mol. The molecule has 2 N–H and O–H groups in total. The first kappa shape index (κ1) is 16.3. The molecule has 120 valence electrons. The molecule has 1 aromatic rings. The summed E-state index contributed by atoms with van der Waals surface area (Å²) in [5.41, 5.74) is 8.16. The summed E-state index contributed by atoms with van der Waals surface area (Å²) in [5, 5.41) is 4.48. The fraction of sp³-hybridized carbons (Fsp3) is 0.800. The molecule has 1 aromatic heterocycles. The Kier molecular flexibility index (Phi) is 5.61. The van der Waals surface area contributed by atoms with Gasteiger partial charge in [-0.3, -0.25) is 4.90 Å². The highest BCUT2D eigenvalue weighted by atomic mass is 16.5. The summed E-state index contributed by atoms with van der Waals surface area (Å²) in [4.78, 5) is 2.38. The van der Waals surface area contributed by atoms with Crippen molar-refractivity contribution in [3.05, 3.63) is 11.3 Å². The number of aryl methyl sites for hydroxylation is 2. The van der Waals surface area contributed by atoms with Crippen LogP contribution in [0.2, 0.25) is 0 Å². The fourth-order valence-corrected chi connectivity index (χ4v) is 3.26. The first-order chi connectivity index (χ1) is 10.1. The maximum atomic E-state index is 6.08. The molecular formula is C15H28N4O2. The van der Waals surface area contributed by atoms with Gasteiger partial charge < -0.3 is 15.2 Å². The summed E-state index contributed by atoms with van der Waals surface area (Å²) in [7, 11) is 3.59. The number of aromatic nitrogens is 2. The van der Waals surface area contributed by atoms with E-state index in [1.165, 1.54) is 0 Å². The number of nitrogens with two attached hydrogens (primary N) is 1. The van der Waals surface area contributed by atoms with E-state index in [1.807, 2.05) is 14.0 Å². The van der Waals surface area contributed by atoms with E-state index in [0.717, 1.165) is 49.7 Å².